The Kier molecular flexibility index (Phi) is 4.44. The zero-order valence-electron chi connectivity index (χ0n) is 11.0. The number of nitrogens with zero attached hydrogens (tertiary/aromatic N) is 1. The van der Waals surface area contributed by atoms with Crippen molar-refractivity contribution in [1.29, 1.82) is 0 Å². The summed E-state index contributed by atoms with van der Waals surface area (Å²) in [4.78, 5) is 27.3. The Morgan fingerprint density at radius 3 is 2.25 bits per heavy atom. The average molecular weight is 270 g/mol. The SMILES string of the molecule is CCOC(=O)Nc1ccc(C(=O)c2ccncc2)cc1. The second kappa shape index (κ2) is 6.47. The fourth-order valence-corrected chi connectivity index (χ4v) is 1.66. The lowest BCUT2D eigenvalue weighted by Gasteiger charge is -2.06. The summed E-state index contributed by atoms with van der Waals surface area (Å²) in [5, 5.41) is 2.57. The van der Waals surface area contributed by atoms with Crippen molar-refractivity contribution < 1.29 is 14.3 Å². The molecule has 2 aromatic rings. The summed E-state index contributed by atoms with van der Waals surface area (Å²) in [6.45, 7) is 2.04. The molecule has 0 saturated carbocycles. The number of hydrogen-bond donors (Lipinski definition) is 1. The Morgan fingerprint density at radius 1 is 1.05 bits per heavy atom. The summed E-state index contributed by atoms with van der Waals surface area (Å²) in [6.07, 6.45) is 2.63. The van der Waals surface area contributed by atoms with Crippen LogP contribution in [-0.2, 0) is 4.74 Å². The number of carbonyl (C=O) groups excluding carboxylic acids is 2. The molecule has 0 radical (unpaired) electrons. The molecular weight excluding hydrogens is 256 g/mol. The van der Waals surface area contributed by atoms with Gasteiger partial charge in [0.25, 0.3) is 0 Å². The third-order valence-electron chi connectivity index (χ3n) is 2.61. The average Bonchev–Trinajstić information content (AvgIpc) is 2.48. The molecule has 1 aromatic carbocycles. The monoisotopic (exact) mass is 270 g/mol. The van der Waals surface area contributed by atoms with E-state index in [1.807, 2.05) is 0 Å². The van der Waals surface area contributed by atoms with Gasteiger partial charge >= 0.3 is 6.09 Å². The van der Waals surface area contributed by atoms with Crippen molar-refractivity contribution in [1.82, 2.24) is 4.98 Å². The molecule has 1 aromatic heterocycles. The van der Waals surface area contributed by atoms with Gasteiger partial charge in [-0.05, 0) is 43.3 Å². The lowest BCUT2D eigenvalue weighted by atomic mass is 10.0. The van der Waals surface area contributed by atoms with Crippen molar-refractivity contribution in [2.75, 3.05) is 11.9 Å². The number of pyridine rings is 1. The zero-order chi connectivity index (χ0) is 14.4. The molecule has 0 bridgehead atoms. The highest BCUT2D eigenvalue weighted by atomic mass is 16.5. The molecule has 1 N–H and O–H groups in total. The minimum atomic E-state index is -0.513. The minimum absolute atomic E-state index is 0.0879. The van der Waals surface area contributed by atoms with Gasteiger partial charge in [-0.25, -0.2) is 4.79 Å². The standard InChI is InChI=1S/C15H14N2O3/c1-2-20-15(19)17-13-5-3-11(4-6-13)14(18)12-7-9-16-10-8-12/h3-10H,2H2,1H3,(H,17,19). The van der Waals surface area contributed by atoms with Crippen LogP contribution in [-0.4, -0.2) is 23.5 Å². The topological polar surface area (TPSA) is 68.3 Å². The first-order chi connectivity index (χ1) is 9.70. The first kappa shape index (κ1) is 13.7. The van der Waals surface area contributed by atoms with Crippen LogP contribution in [0.3, 0.4) is 0 Å². The second-order valence-electron chi connectivity index (χ2n) is 3.99. The van der Waals surface area contributed by atoms with E-state index in [-0.39, 0.29) is 5.78 Å². The largest absolute Gasteiger partial charge is 0.450 e. The Labute approximate surface area is 116 Å². The number of rotatable bonds is 4. The van der Waals surface area contributed by atoms with Gasteiger partial charge in [0.1, 0.15) is 0 Å². The molecule has 20 heavy (non-hydrogen) atoms. The molecule has 0 unspecified atom stereocenters. The Balaban J connectivity index is 2.08. The van der Waals surface area contributed by atoms with Gasteiger partial charge in [-0.15, -0.1) is 0 Å². The van der Waals surface area contributed by atoms with Crippen LogP contribution in [0, 0.1) is 0 Å². The first-order valence-corrected chi connectivity index (χ1v) is 6.19. The minimum Gasteiger partial charge on any atom is -0.450 e. The Morgan fingerprint density at radius 2 is 1.65 bits per heavy atom. The van der Waals surface area contributed by atoms with Crippen LogP contribution in [0.25, 0.3) is 0 Å². The fourth-order valence-electron chi connectivity index (χ4n) is 1.66. The maximum absolute atomic E-state index is 12.1. The number of amides is 1. The maximum atomic E-state index is 12.1. The molecule has 5 heteroatoms. The van der Waals surface area contributed by atoms with Crippen LogP contribution < -0.4 is 5.32 Å². The van der Waals surface area contributed by atoms with E-state index in [9.17, 15) is 9.59 Å². The normalized spacial score (nSPS) is 9.85. The van der Waals surface area contributed by atoms with E-state index in [0.29, 0.717) is 23.4 Å². The molecule has 2 rings (SSSR count). The number of carbonyl (C=O) groups is 2. The summed E-state index contributed by atoms with van der Waals surface area (Å²) in [6, 6.07) is 9.95. The molecule has 1 heterocycles. The van der Waals surface area contributed by atoms with Gasteiger partial charge in [0.2, 0.25) is 0 Å². The van der Waals surface area contributed by atoms with Crippen molar-refractivity contribution in [2.24, 2.45) is 0 Å². The highest BCUT2D eigenvalue weighted by Crippen LogP contribution is 2.13. The maximum Gasteiger partial charge on any atom is 0.411 e. The van der Waals surface area contributed by atoms with Crippen LogP contribution in [0.2, 0.25) is 0 Å². The molecule has 0 fully saturated rings. The first-order valence-electron chi connectivity index (χ1n) is 6.19. The highest BCUT2D eigenvalue weighted by molar-refractivity contribution is 6.09. The van der Waals surface area contributed by atoms with E-state index in [1.54, 1.807) is 55.7 Å². The lowest BCUT2D eigenvalue weighted by Crippen LogP contribution is -2.13. The lowest BCUT2D eigenvalue weighted by molar-refractivity contribution is 0.103. The molecule has 5 nitrogen and oxygen atoms in total. The quantitative estimate of drug-likeness (QED) is 0.867. The van der Waals surface area contributed by atoms with Gasteiger partial charge in [0, 0.05) is 29.2 Å². The van der Waals surface area contributed by atoms with Crippen LogP contribution in [0.5, 0.6) is 0 Å². The van der Waals surface area contributed by atoms with Gasteiger partial charge in [0.05, 0.1) is 6.61 Å². The number of benzene rings is 1. The van der Waals surface area contributed by atoms with Gasteiger partial charge in [-0.2, -0.15) is 0 Å². The third-order valence-corrected chi connectivity index (χ3v) is 2.61. The number of ketones is 1. The summed E-state index contributed by atoms with van der Waals surface area (Å²) >= 11 is 0. The number of hydrogen-bond acceptors (Lipinski definition) is 4. The number of nitrogens with one attached hydrogen (secondary N) is 1. The van der Waals surface area contributed by atoms with E-state index in [0.717, 1.165) is 0 Å². The van der Waals surface area contributed by atoms with Crippen molar-refractivity contribution in [2.45, 2.75) is 6.92 Å². The van der Waals surface area contributed by atoms with E-state index >= 15 is 0 Å². The molecule has 102 valence electrons. The molecule has 1 amide bonds. The Bertz CT molecular complexity index is 594. The summed E-state index contributed by atoms with van der Waals surface area (Å²) in [5.41, 5.74) is 1.70. The molecule has 0 spiro atoms. The molecule has 0 aliphatic rings. The van der Waals surface area contributed by atoms with E-state index in [1.165, 1.54) is 0 Å². The second-order valence-corrected chi connectivity index (χ2v) is 3.99. The molecule has 0 aliphatic carbocycles. The predicted molar refractivity (Wildman–Crippen MR) is 74.8 cm³/mol. The molecular formula is C15H14N2O3. The third kappa shape index (κ3) is 3.41. The van der Waals surface area contributed by atoms with Crippen LogP contribution >= 0.6 is 0 Å². The summed E-state index contributed by atoms with van der Waals surface area (Å²) in [7, 11) is 0. The van der Waals surface area contributed by atoms with Crippen LogP contribution in [0.4, 0.5) is 10.5 Å². The van der Waals surface area contributed by atoms with Gasteiger partial charge in [0.15, 0.2) is 5.78 Å². The zero-order valence-corrected chi connectivity index (χ0v) is 11.0. The molecule has 0 aliphatic heterocycles. The smallest absolute Gasteiger partial charge is 0.411 e. The summed E-state index contributed by atoms with van der Waals surface area (Å²) in [5.74, 6) is -0.0879. The highest BCUT2D eigenvalue weighted by Gasteiger charge is 2.09. The summed E-state index contributed by atoms with van der Waals surface area (Å²) < 4.78 is 4.77. The Hall–Kier alpha value is -2.69. The van der Waals surface area contributed by atoms with Gasteiger partial charge in [-0.1, -0.05) is 0 Å². The van der Waals surface area contributed by atoms with E-state index in [2.05, 4.69) is 10.3 Å². The van der Waals surface area contributed by atoms with Crippen molar-refractivity contribution in [3.05, 3.63) is 59.9 Å². The molecule has 0 saturated heterocycles. The van der Waals surface area contributed by atoms with Crippen molar-refractivity contribution in [3.8, 4) is 0 Å². The number of ether oxygens (including phenoxy) is 1. The van der Waals surface area contributed by atoms with Crippen molar-refractivity contribution in [3.63, 3.8) is 0 Å². The molecule has 0 atom stereocenters. The van der Waals surface area contributed by atoms with Gasteiger partial charge < -0.3 is 4.74 Å². The van der Waals surface area contributed by atoms with Crippen LogP contribution in [0.1, 0.15) is 22.8 Å². The van der Waals surface area contributed by atoms with E-state index < -0.39 is 6.09 Å². The van der Waals surface area contributed by atoms with E-state index in [4.69, 9.17) is 4.74 Å². The predicted octanol–water partition coefficient (Wildman–Crippen LogP) is 2.88. The number of aromatic nitrogens is 1. The van der Waals surface area contributed by atoms with Crippen LogP contribution in [0.15, 0.2) is 48.8 Å². The number of anilines is 1. The fraction of sp³-hybridized carbons (Fsp3) is 0.133. The van der Waals surface area contributed by atoms with Gasteiger partial charge in [-0.3, -0.25) is 15.1 Å². The van der Waals surface area contributed by atoms with Crippen molar-refractivity contribution >= 4 is 17.6 Å².